The first-order valence-electron chi connectivity index (χ1n) is 9.01. The number of amides is 4. The van der Waals surface area contributed by atoms with Crippen LogP contribution in [0.15, 0.2) is 24.3 Å². The van der Waals surface area contributed by atoms with Crippen molar-refractivity contribution in [1.82, 2.24) is 15.2 Å². The number of anilines is 1. The number of hydrogen-bond acceptors (Lipinski definition) is 3. The number of urea groups is 1. The quantitative estimate of drug-likeness (QED) is 0.868. The highest BCUT2D eigenvalue weighted by Crippen LogP contribution is 2.31. The molecule has 0 atom stereocenters. The number of H-pyrrole nitrogens is 1. The minimum absolute atomic E-state index is 0.142. The smallest absolute Gasteiger partial charge is 0.328 e. The molecule has 3 heterocycles. The van der Waals surface area contributed by atoms with Crippen LogP contribution in [0.5, 0.6) is 0 Å². The molecule has 4 rings (SSSR count). The number of likely N-dealkylation sites (tertiary alicyclic amines) is 1. The summed E-state index contributed by atoms with van der Waals surface area (Å²) >= 11 is 0. The summed E-state index contributed by atoms with van der Waals surface area (Å²) in [6.45, 7) is 3.60. The first-order valence-corrected chi connectivity index (χ1v) is 9.01. The number of nitrogens with zero attached hydrogens (tertiary/aromatic N) is 2. The summed E-state index contributed by atoms with van der Waals surface area (Å²) < 4.78 is 0. The van der Waals surface area contributed by atoms with Crippen LogP contribution < -0.4 is 10.2 Å². The Morgan fingerprint density at radius 3 is 2.58 bits per heavy atom. The molecule has 2 saturated heterocycles. The molecule has 2 fully saturated rings. The van der Waals surface area contributed by atoms with E-state index in [9.17, 15) is 14.4 Å². The molecule has 7 heteroatoms. The van der Waals surface area contributed by atoms with Crippen LogP contribution in [0, 0.1) is 0 Å². The number of aromatic nitrogens is 1. The van der Waals surface area contributed by atoms with Crippen molar-refractivity contribution in [2.75, 3.05) is 24.5 Å². The predicted octanol–water partition coefficient (Wildman–Crippen LogP) is 2.34. The lowest BCUT2D eigenvalue weighted by Crippen LogP contribution is -2.49. The molecule has 1 aromatic heterocycles. The number of carbonyl (C=O) groups is 3. The molecule has 2 aromatic rings. The second-order valence-corrected chi connectivity index (χ2v) is 7.03. The summed E-state index contributed by atoms with van der Waals surface area (Å²) in [6.07, 6.45) is 2.22. The van der Waals surface area contributed by atoms with Gasteiger partial charge in [-0.05, 0) is 36.4 Å². The average molecular weight is 354 g/mol. The first-order chi connectivity index (χ1) is 12.5. The maximum absolute atomic E-state index is 12.0. The van der Waals surface area contributed by atoms with E-state index in [0.29, 0.717) is 18.9 Å². The maximum Gasteiger partial charge on any atom is 0.328 e. The fourth-order valence-corrected chi connectivity index (χ4v) is 3.84. The standard InChI is InChI=1S/C19H22N4O3/c1-12(24)22-7-4-13(5-8-22)16-10-14-2-3-15(11-17(14)20-16)23-9-6-18(25)21-19(23)26/h2-3,10-11,13,20H,4-9H2,1H3,(H,21,25,26). The van der Waals surface area contributed by atoms with E-state index in [1.54, 1.807) is 11.8 Å². The first kappa shape index (κ1) is 16.6. The molecule has 0 radical (unpaired) electrons. The summed E-state index contributed by atoms with van der Waals surface area (Å²) in [4.78, 5) is 41.8. The Kier molecular flexibility index (Phi) is 4.14. The maximum atomic E-state index is 12.0. The lowest BCUT2D eigenvalue weighted by Gasteiger charge is -2.30. The van der Waals surface area contributed by atoms with Crippen molar-refractivity contribution < 1.29 is 14.4 Å². The third kappa shape index (κ3) is 3.05. The van der Waals surface area contributed by atoms with Crippen LogP contribution in [0.4, 0.5) is 10.5 Å². The monoisotopic (exact) mass is 354 g/mol. The number of imide groups is 1. The normalized spacial score (nSPS) is 19.1. The Balaban J connectivity index is 1.54. The number of rotatable bonds is 2. The molecule has 136 valence electrons. The highest BCUT2D eigenvalue weighted by Gasteiger charge is 2.25. The Bertz CT molecular complexity index is 880. The molecule has 0 spiro atoms. The van der Waals surface area contributed by atoms with Crippen molar-refractivity contribution >= 4 is 34.4 Å². The third-order valence-electron chi connectivity index (χ3n) is 5.37. The molecule has 0 bridgehead atoms. The zero-order valence-electron chi connectivity index (χ0n) is 14.7. The van der Waals surface area contributed by atoms with Crippen molar-refractivity contribution in [2.45, 2.75) is 32.1 Å². The second kappa shape index (κ2) is 6.48. The molecule has 7 nitrogen and oxygen atoms in total. The van der Waals surface area contributed by atoms with Crippen LogP contribution in [-0.4, -0.2) is 47.4 Å². The Labute approximate surface area is 151 Å². The van der Waals surface area contributed by atoms with Crippen LogP contribution in [0.1, 0.15) is 37.8 Å². The summed E-state index contributed by atoms with van der Waals surface area (Å²) in [5, 5.41) is 3.45. The second-order valence-electron chi connectivity index (χ2n) is 7.03. The molecule has 26 heavy (non-hydrogen) atoms. The molecule has 2 aliphatic heterocycles. The van der Waals surface area contributed by atoms with E-state index in [1.165, 1.54) is 5.69 Å². The Hall–Kier alpha value is -2.83. The van der Waals surface area contributed by atoms with Gasteiger partial charge in [-0.2, -0.15) is 0 Å². The van der Waals surface area contributed by atoms with Crippen molar-refractivity contribution in [3.63, 3.8) is 0 Å². The minimum Gasteiger partial charge on any atom is -0.358 e. The molecular formula is C19H22N4O3. The molecule has 0 saturated carbocycles. The van der Waals surface area contributed by atoms with E-state index in [1.807, 2.05) is 23.1 Å². The Morgan fingerprint density at radius 1 is 1.12 bits per heavy atom. The van der Waals surface area contributed by atoms with Crippen molar-refractivity contribution in [3.05, 3.63) is 30.0 Å². The number of carbonyl (C=O) groups excluding carboxylic acids is 3. The Morgan fingerprint density at radius 2 is 1.88 bits per heavy atom. The zero-order valence-corrected chi connectivity index (χ0v) is 14.7. The van der Waals surface area contributed by atoms with Crippen molar-refractivity contribution in [2.24, 2.45) is 0 Å². The predicted molar refractivity (Wildman–Crippen MR) is 98.0 cm³/mol. The molecule has 2 aliphatic rings. The van der Waals surface area contributed by atoms with Gasteiger partial charge in [-0.3, -0.25) is 19.8 Å². The van der Waals surface area contributed by atoms with Crippen LogP contribution in [0.3, 0.4) is 0 Å². The average Bonchev–Trinajstić information content (AvgIpc) is 3.05. The van der Waals surface area contributed by atoms with Gasteiger partial charge in [-0.1, -0.05) is 6.07 Å². The van der Waals surface area contributed by atoms with E-state index < -0.39 is 0 Å². The number of piperidine rings is 1. The summed E-state index contributed by atoms with van der Waals surface area (Å²) in [5.41, 5.74) is 2.94. The van der Waals surface area contributed by atoms with E-state index >= 15 is 0 Å². The van der Waals surface area contributed by atoms with Gasteiger partial charge in [0, 0.05) is 55.8 Å². The largest absolute Gasteiger partial charge is 0.358 e. The minimum atomic E-state index is -0.371. The summed E-state index contributed by atoms with van der Waals surface area (Å²) in [6, 6.07) is 7.66. The molecule has 0 unspecified atom stereocenters. The number of hydrogen-bond donors (Lipinski definition) is 2. The van der Waals surface area contributed by atoms with Crippen molar-refractivity contribution in [1.29, 1.82) is 0 Å². The highest BCUT2D eigenvalue weighted by atomic mass is 16.2. The van der Waals surface area contributed by atoms with E-state index in [2.05, 4.69) is 16.4 Å². The number of aromatic amines is 1. The molecule has 2 N–H and O–H groups in total. The summed E-state index contributed by atoms with van der Waals surface area (Å²) in [7, 11) is 0. The SMILES string of the molecule is CC(=O)N1CCC(c2cc3ccc(N4CCC(=O)NC4=O)cc3[nH]2)CC1. The molecule has 1 aromatic carbocycles. The lowest BCUT2D eigenvalue weighted by molar-refractivity contribution is -0.129. The fraction of sp³-hybridized carbons (Fsp3) is 0.421. The van der Waals surface area contributed by atoms with Gasteiger partial charge in [-0.25, -0.2) is 4.79 Å². The van der Waals surface area contributed by atoms with Crippen LogP contribution in [-0.2, 0) is 9.59 Å². The number of benzene rings is 1. The van der Waals surface area contributed by atoms with Gasteiger partial charge in [0.1, 0.15) is 0 Å². The van der Waals surface area contributed by atoms with Gasteiger partial charge in [0.2, 0.25) is 11.8 Å². The van der Waals surface area contributed by atoms with E-state index in [0.717, 1.165) is 42.5 Å². The van der Waals surface area contributed by atoms with Crippen LogP contribution in [0.25, 0.3) is 10.9 Å². The number of nitrogens with one attached hydrogen (secondary N) is 2. The van der Waals surface area contributed by atoms with Crippen LogP contribution >= 0.6 is 0 Å². The lowest BCUT2D eigenvalue weighted by atomic mass is 9.93. The van der Waals surface area contributed by atoms with Gasteiger partial charge in [-0.15, -0.1) is 0 Å². The van der Waals surface area contributed by atoms with Gasteiger partial charge in [0.15, 0.2) is 0 Å². The topological polar surface area (TPSA) is 85.5 Å². The third-order valence-corrected chi connectivity index (χ3v) is 5.37. The zero-order chi connectivity index (χ0) is 18.3. The van der Waals surface area contributed by atoms with E-state index in [-0.39, 0.29) is 17.8 Å². The molecule has 0 aliphatic carbocycles. The highest BCUT2D eigenvalue weighted by molar-refractivity contribution is 6.06. The van der Waals surface area contributed by atoms with Crippen LogP contribution in [0.2, 0.25) is 0 Å². The van der Waals surface area contributed by atoms with Gasteiger partial charge >= 0.3 is 6.03 Å². The molecular weight excluding hydrogens is 332 g/mol. The summed E-state index contributed by atoms with van der Waals surface area (Å²) in [5.74, 6) is 0.326. The fourth-order valence-electron chi connectivity index (χ4n) is 3.84. The molecule has 4 amide bonds. The van der Waals surface area contributed by atoms with Gasteiger partial charge < -0.3 is 9.88 Å². The number of fused-ring (bicyclic) bond motifs is 1. The van der Waals surface area contributed by atoms with E-state index in [4.69, 9.17) is 0 Å². The van der Waals surface area contributed by atoms with Gasteiger partial charge in [0.05, 0.1) is 0 Å². The van der Waals surface area contributed by atoms with Gasteiger partial charge in [0.25, 0.3) is 0 Å². The van der Waals surface area contributed by atoms with Crippen molar-refractivity contribution in [3.8, 4) is 0 Å².